The summed E-state index contributed by atoms with van der Waals surface area (Å²) < 4.78 is 17.0. The van der Waals surface area contributed by atoms with Gasteiger partial charge in [0.2, 0.25) is 0 Å². The molecule has 16 heavy (non-hydrogen) atoms. The van der Waals surface area contributed by atoms with Crippen LogP contribution >= 0.6 is 0 Å². The number of aliphatic hydroxyl groups is 1. The third-order valence-corrected chi connectivity index (χ3v) is 4.25. The summed E-state index contributed by atoms with van der Waals surface area (Å²) in [5.74, 6) is -0.395. The summed E-state index contributed by atoms with van der Waals surface area (Å²) in [5.41, 5.74) is 0. The monoisotopic (exact) mass is 240 g/mol. The van der Waals surface area contributed by atoms with Gasteiger partial charge in [0.1, 0.15) is 6.10 Å². The van der Waals surface area contributed by atoms with Gasteiger partial charge < -0.3 is 9.84 Å². The maximum absolute atomic E-state index is 12.1. The standard InChI is InChI=1S/C11H12O4S/c12-7-9-10(6-11(13)15-9)16(14)8-4-2-1-3-5-8/h1-5,9-10,12H,6-7H2/t9?,10-,16?/m0/s1. The molecule has 5 heteroatoms. The second kappa shape index (κ2) is 4.76. The van der Waals surface area contributed by atoms with Crippen molar-refractivity contribution in [2.45, 2.75) is 22.7 Å². The molecule has 0 spiro atoms. The molecule has 2 rings (SSSR count). The largest absolute Gasteiger partial charge is 0.459 e. The van der Waals surface area contributed by atoms with Gasteiger partial charge in [-0.3, -0.25) is 9.00 Å². The van der Waals surface area contributed by atoms with Crippen molar-refractivity contribution in [2.75, 3.05) is 6.61 Å². The van der Waals surface area contributed by atoms with Crippen molar-refractivity contribution in [2.24, 2.45) is 0 Å². The zero-order valence-electron chi connectivity index (χ0n) is 8.54. The lowest BCUT2D eigenvalue weighted by Gasteiger charge is -2.14. The van der Waals surface area contributed by atoms with E-state index < -0.39 is 28.1 Å². The molecule has 0 bridgehead atoms. The van der Waals surface area contributed by atoms with Gasteiger partial charge in [0.25, 0.3) is 0 Å². The highest BCUT2D eigenvalue weighted by Crippen LogP contribution is 2.24. The lowest BCUT2D eigenvalue weighted by Crippen LogP contribution is -2.29. The molecular formula is C11H12O4S. The lowest BCUT2D eigenvalue weighted by molar-refractivity contribution is -0.142. The van der Waals surface area contributed by atoms with Crippen molar-refractivity contribution in [1.29, 1.82) is 0 Å². The van der Waals surface area contributed by atoms with E-state index in [-0.39, 0.29) is 13.0 Å². The van der Waals surface area contributed by atoms with Gasteiger partial charge in [0.05, 0.1) is 29.1 Å². The molecule has 86 valence electrons. The van der Waals surface area contributed by atoms with Gasteiger partial charge in [-0.1, -0.05) is 18.2 Å². The summed E-state index contributed by atoms with van der Waals surface area (Å²) in [7, 11) is -1.32. The van der Waals surface area contributed by atoms with E-state index >= 15 is 0 Å². The molecule has 0 aromatic heterocycles. The molecule has 2 unspecified atom stereocenters. The second-order valence-corrected chi connectivity index (χ2v) is 5.24. The highest BCUT2D eigenvalue weighted by atomic mass is 32.2. The van der Waals surface area contributed by atoms with Gasteiger partial charge in [-0.05, 0) is 12.1 Å². The molecule has 3 atom stereocenters. The number of esters is 1. The van der Waals surface area contributed by atoms with Crippen LogP contribution in [-0.4, -0.2) is 33.2 Å². The zero-order valence-corrected chi connectivity index (χ0v) is 9.35. The van der Waals surface area contributed by atoms with Crippen LogP contribution in [0.4, 0.5) is 0 Å². The van der Waals surface area contributed by atoms with Crippen molar-refractivity contribution in [1.82, 2.24) is 0 Å². The van der Waals surface area contributed by atoms with Gasteiger partial charge in [0, 0.05) is 4.90 Å². The van der Waals surface area contributed by atoms with Gasteiger partial charge in [-0.2, -0.15) is 0 Å². The Kier molecular flexibility index (Phi) is 3.36. The van der Waals surface area contributed by atoms with Crippen molar-refractivity contribution < 1.29 is 18.8 Å². The first-order chi connectivity index (χ1) is 7.72. The first kappa shape index (κ1) is 11.3. The Morgan fingerprint density at radius 3 is 2.69 bits per heavy atom. The van der Waals surface area contributed by atoms with Crippen molar-refractivity contribution in [3.63, 3.8) is 0 Å². The minimum absolute atomic E-state index is 0.104. The van der Waals surface area contributed by atoms with Crippen LogP contribution in [0, 0.1) is 0 Å². The van der Waals surface area contributed by atoms with Crippen LogP contribution in [0.3, 0.4) is 0 Å². The van der Waals surface area contributed by atoms with E-state index in [0.717, 1.165) is 0 Å². The van der Waals surface area contributed by atoms with Crippen LogP contribution in [-0.2, 0) is 20.3 Å². The van der Waals surface area contributed by atoms with Gasteiger partial charge in [-0.15, -0.1) is 0 Å². The van der Waals surface area contributed by atoms with Crippen LogP contribution in [0.15, 0.2) is 35.2 Å². The van der Waals surface area contributed by atoms with Gasteiger partial charge >= 0.3 is 5.97 Å². The van der Waals surface area contributed by atoms with Crippen LogP contribution in [0.1, 0.15) is 6.42 Å². The molecule has 1 aliphatic heterocycles. The average molecular weight is 240 g/mol. The van der Waals surface area contributed by atoms with Crippen LogP contribution in [0.2, 0.25) is 0 Å². The number of carbonyl (C=O) groups excluding carboxylic acids is 1. The van der Waals surface area contributed by atoms with Crippen LogP contribution in [0.25, 0.3) is 0 Å². The Morgan fingerprint density at radius 1 is 1.38 bits per heavy atom. The molecule has 1 aromatic carbocycles. The Morgan fingerprint density at radius 2 is 2.06 bits per heavy atom. The predicted molar refractivity (Wildman–Crippen MR) is 58.2 cm³/mol. The van der Waals surface area contributed by atoms with Gasteiger partial charge in [-0.25, -0.2) is 0 Å². The molecule has 1 heterocycles. The van der Waals surface area contributed by atoms with E-state index in [0.29, 0.717) is 4.90 Å². The van der Waals surface area contributed by atoms with Crippen molar-refractivity contribution in [3.8, 4) is 0 Å². The summed E-state index contributed by atoms with van der Waals surface area (Å²) in [5, 5.41) is 8.59. The van der Waals surface area contributed by atoms with Gasteiger partial charge in [0.15, 0.2) is 0 Å². The molecule has 0 amide bonds. The molecule has 0 radical (unpaired) electrons. The first-order valence-electron chi connectivity index (χ1n) is 4.98. The smallest absolute Gasteiger partial charge is 0.307 e. The number of cyclic esters (lactones) is 1. The summed E-state index contributed by atoms with van der Waals surface area (Å²) in [6.45, 7) is -0.283. The maximum Gasteiger partial charge on any atom is 0.307 e. The molecule has 0 saturated carbocycles. The number of carbonyl (C=O) groups is 1. The van der Waals surface area contributed by atoms with Crippen LogP contribution in [0.5, 0.6) is 0 Å². The predicted octanol–water partition coefficient (Wildman–Crippen LogP) is 0.471. The van der Waals surface area contributed by atoms with E-state index in [2.05, 4.69) is 0 Å². The van der Waals surface area contributed by atoms with E-state index in [1.807, 2.05) is 6.07 Å². The molecular weight excluding hydrogens is 228 g/mol. The summed E-state index contributed by atoms with van der Waals surface area (Å²) in [4.78, 5) is 11.7. The number of rotatable bonds is 3. The Bertz CT molecular complexity index is 404. The van der Waals surface area contributed by atoms with E-state index in [9.17, 15) is 9.00 Å². The minimum Gasteiger partial charge on any atom is -0.459 e. The first-order valence-corrected chi connectivity index (χ1v) is 6.19. The summed E-state index contributed by atoms with van der Waals surface area (Å²) in [6, 6.07) is 8.90. The Hall–Kier alpha value is -1.20. The minimum atomic E-state index is -1.32. The Balaban J connectivity index is 2.19. The average Bonchev–Trinajstić information content (AvgIpc) is 2.70. The number of hydrogen-bond acceptors (Lipinski definition) is 4. The number of ether oxygens (including phenoxy) is 1. The maximum atomic E-state index is 12.1. The SMILES string of the molecule is O=C1C[C@H](S(=O)c2ccccc2)C(CO)O1. The summed E-state index contributed by atoms with van der Waals surface area (Å²) >= 11 is 0. The zero-order chi connectivity index (χ0) is 11.5. The van der Waals surface area contributed by atoms with Crippen LogP contribution < -0.4 is 0 Å². The molecule has 1 aromatic rings. The molecule has 1 aliphatic rings. The molecule has 4 nitrogen and oxygen atoms in total. The number of benzene rings is 1. The van der Waals surface area contributed by atoms with Crippen molar-refractivity contribution >= 4 is 16.8 Å². The topological polar surface area (TPSA) is 63.6 Å². The fourth-order valence-corrected chi connectivity index (χ4v) is 3.17. The van der Waals surface area contributed by atoms with E-state index in [4.69, 9.17) is 9.84 Å². The summed E-state index contributed by atoms with van der Waals surface area (Å²) in [6.07, 6.45) is -0.541. The Labute approximate surface area is 95.7 Å². The highest BCUT2D eigenvalue weighted by Gasteiger charge is 2.38. The second-order valence-electron chi connectivity index (χ2n) is 3.56. The molecule has 0 aliphatic carbocycles. The third-order valence-electron chi connectivity index (χ3n) is 2.50. The van der Waals surface area contributed by atoms with E-state index in [1.165, 1.54) is 0 Å². The number of hydrogen-bond donors (Lipinski definition) is 1. The molecule has 1 fully saturated rings. The third kappa shape index (κ3) is 2.15. The number of aliphatic hydroxyl groups excluding tert-OH is 1. The molecule has 1 saturated heterocycles. The fourth-order valence-electron chi connectivity index (χ4n) is 1.69. The van der Waals surface area contributed by atoms with E-state index in [1.54, 1.807) is 24.3 Å². The lowest BCUT2D eigenvalue weighted by atomic mass is 10.2. The quantitative estimate of drug-likeness (QED) is 0.780. The fraction of sp³-hybridized carbons (Fsp3) is 0.364. The highest BCUT2D eigenvalue weighted by molar-refractivity contribution is 7.85. The molecule has 1 N–H and O–H groups in total. The normalized spacial score (nSPS) is 26.4. The van der Waals surface area contributed by atoms with Crippen molar-refractivity contribution in [3.05, 3.63) is 30.3 Å².